The van der Waals surface area contributed by atoms with Crippen molar-refractivity contribution >= 4 is 18.3 Å². The summed E-state index contributed by atoms with van der Waals surface area (Å²) in [6.07, 6.45) is 0.998. The molecule has 1 aliphatic rings. The van der Waals surface area contributed by atoms with Crippen LogP contribution in [-0.4, -0.2) is 31.2 Å². The van der Waals surface area contributed by atoms with Gasteiger partial charge in [0.2, 0.25) is 5.91 Å². The third-order valence-corrected chi connectivity index (χ3v) is 2.56. The number of ether oxygens (including phenoxy) is 1. The molecule has 1 amide bonds. The minimum atomic E-state index is -0.796. The second-order valence-electron chi connectivity index (χ2n) is 5.02. The predicted octanol–water partition coefficient (Wildman–Crippen LogP) is 0.688. The predicted molar refractivity (Wildman–Crippen MR) is 62.1 cm³/mol. The average molecular weight is 237 g/mol. The van der Waals surface area contributed by atoms with Crippen molar-refractivity contribution in [2.24, 2.45) is 11.1 Å². The molecule has 0 bridgehead atoms. The van der Waals surface area contributed by atoms with Crippen LogP contribution in [0.25, 0.3) is 0 Å². The van der Waals surface area contributed by atoms with Crippen molar-refractivity contribution in [1.29, 1.82) is 0 Å². The standard InChI is InChI=1S/C10H20N2O2.ClH/c1-9(2,11)8(13)12-6-10(3)4-5-14-7-10;/h4-7,11H2,1-3H3,(H,12,13);1H. The molecule has 1 rings (SSSR count). The lowest BCUT2D eigenvalue weighted by Crippen LogP contribution is -2.51. The van der Waals surface area contributed by atoms with Gasteiger partial charge in [0.15, 0.2) is 0 Å². The maximum atomic E-state index is 11.5. The molecule has 1 saturated heterocycles. The molecule has 0 radical (unpaired) electrons. The maximum Gasteiger partial charge on any atom is 0.239 e. The Morgan fingerprint density at radius 1 is 1.60 bits per heavy atom. The zero-order valence-corrected chi connectivity index (χ0v) is 10.4. The number of hydrogen-bond acceptors (Lipinski definition) is 3. The highest BCUT2D eigenvalue weighted by atomic mass is 35.5. The van der Waals surface area contributed by atoms with Gasteiger partial charge in [-0.25, -0.2) is 0 Å². The molecule has 3 N–H and O–H groups in total. The Morgan fingerprint density at radius 2 is 2.20 bits per heavy atom. The highest BCUT2D eigenvalue weighted by Gasteiger charge is 2.31. The number of hydrogen-bond donors (Lipinski definition) is 2. The molecule has 0 aromatic carbocycles. The highest BCUT2D eigenvalue weighted by Crippen LogP contribution is 2.26. The molecular formula is C10H21ClN2O2. The van der Waals surface area contributed by atoms with Crippen LogP contribution in [0.15, 0.2) is 0 Å². The van der Waals surface area contributed by atoms with Crippen molar-refractivity contribution in [2.45, 2.75) is 32.7 Å². The second-order valence-corrected chi connectivity index (χ2v) is 5.02. The summed E-state index contributed by atoms with van der Waals surface area (Å²) in [6, 6.07) is 0. The van der Waals surface area contributed by atoms with Gasteiger partial charge < -0.3 is 15.8 Å². The Morgan fingerprint density at radius 3 is 2.60 bits per heavy atom. The number of carbonyl (C=O) groups excluding carboxylic acids is 1. The topological polar surface area (TPSA) is 64.4 Å². The van der Waals surface area contributed by atoms with Crippen LogP contribution in [0.1, 0.15) is 27.2 Å². The first-order chi connectivity index (χ1) is 6.33. The van der Waals surface area contributed by atoms with Gasteiger partial charge in [0.1, 0.15) is 0 Å². The van der Waals surface area contributed by atoms with E-state index in [4.69, 9.17) is 10.5 Å². The molecule has 5 heteroatoms. The van der Waals surface area contributed by atoms with E-state index < -0.39 is 5.54 Å². The summed E-state index contributed by atoms with van der Waals surface area (Å²) >= 11 is 0. The Bertz CT molecular complexity index is 220. The van der Waals surface area contributed by atoms with Crippen molar-refractivity contribution in [3.8, 4) is 0 Å². The lowest BCUT2D eigenvalue weighted by Gasteiger charge is -2.25. The third kappa shape index (κ3) is 4.36. The van der Waals surface area contributed by atoms with E-state index in [-0.39, 0.29) is 23.7 Å². The summed E-state index contributed by atoms with van der Waals surface area (Å²) in [4.78, 5) is 11.5. The fraction of sp³-hybridized carbons (Fsp3) is 0.900. The van der Waals surface area contributed by atoms with Crippen LogP contribution in [0.5, 0.6) is 0 Å². The number of nitrogens with one attached hydrogen (secondary N) is 1. The summed E-state index contributed by atoms with van der Waals surface area (Å²) in [5, 5.41) is 2.86. The Labute approximate surface area is 97.3 Å². The van der Waals surface area contributed by atoms with Gasteiger partial charge in [0.05, 0.1) is 12.1 Å². The van der Waals surface area contributed by atoms with E-state index in [9.17, 15) is 4.79 Å². The SMILES string of the molecule is CC1(CNC(=O)C(C)(C)N)CCOC1.Cl. The largest absolute Gasteiger partial charge is 0.381 e. The number of nitrogens with two attached hydrogens (primary N) is 1. The maximum absolute atomic E-state index is 11.5. The molecule has 1 atom stereocenters. The van der Waals surface area contributed by atoms with E-state index in [1.54, 1.807) is 13.8 Å². The summed E-state index contributed by atoms with van der Waals surface area (Å²) in [5.74, 6) is -0.106. The average Bonchev–Trinajstić information content (AvgIpc) is 2.47. The first-order valence-electron chi connectivity index (χ1n) is 4.98. The lowest BCUT2D eigenvalue weighted by molar-refractivity contribution is -0.125. The van der Waals surface area contributed by atoms with Gasteiger partial charge in [-0.1, -0.05) is 6.92 Å². The number of amides is 1. The number of halogens is 1. The molecular weight excluding hydrogens is 216 g/mol. The fourth-order valence-corrected chi connectivity index (χ4v) is 1.37. The molecule has 0 aromatic heterocycles. The first kappa shape index (κ1) is 14.7. The van der Waals surface area contributed by atoms with Gasteiger partial charge in [-0.15, -0.1) is 12.4 Å². The normalized spacial score (nSPS) is 25.9. The van der Waals surface area contributed by atoms with Crippen LogP contribution in [0, 0.1) is 5.41 Å². The van der Waals surface area contributed by atoms with Crippen molar-refractivity contribution in [3.63, 3.8) is 0 Å². The van der Waals surface area contributed by atoms with Crippen LogP contribution in [0.4, 0.5) is 0 Å². The summed E-state index contributed by atoms with van der Waals surface area (Å²) in [5.41, 5.74) is 4.95. The van der Waals surface area contributed by atoms with Crippen molar-refractivity contribution < 1.29 is 9.53 Å². The van der Waals surface area contributed by atoms with Crippen LogP contribution in [0.2, 0.25) is 0 Å². The minimum Gasteiger partial charge on any atom is -0.381 e. The van der Waals surface area contributed by atoms with Gasteiger partial charge >= 0.3 is 0 Å². The van der Waals surface area contributed by atoms with Gasteiger partial charge in [0.25, 0.3) is 0 Å². The van der Waals surface area contributed by atoms with Crippen molar-refractivity contribution in [2.75, 3.05) is 19.8 Å². The molecule has 1 unspecified atom stereocenters. The first-order valence-corrected chi connectivity index (χ1v) is 4.98. The molecule has 4 nitrogen and oxygen atoms in total. The van der Waals surface area contributed by atoms with Gasteiger partial charge in [-0.05, 0) is 20.3 Å². The van der Waals surface area contributed by atoms with Crippen molar-refractivity contribution in [3.05, 3.63) is 0 Å². The number of rotatable bonds is 3. The zero-order chi connectivity index (χ0) is 10.8. The van der Waals surface area contributed by atoms with E-state index >= 15 is 0 Å². The van der Waals surface area contributed by atoms with Crippen LogP contribution in [-0.2, 0) is 9.53 Å². The molecule has 1 heterocycles. The molecule has 1 fully saturated rings. The van der Waals surface area contributed by atoms with Gasteiger partial charge in [-0.2, -0.15) is 0 Å². The molecule has 15 heavy (non-hydrogen) atoms. The zero-order valence-electron chi connectivity index (χ0n) is 9.63. The smallest absolute Gasteiger partial charge is 0.239 e. The molecule has 1 aliphatic heterocycles. The van der Waals surface area contributed by atoms with Crippen molar-refractivity contribution in [1.82, 2.24) is 5.32 Å². The molecule has 0 aliphatic carbocycles. The van der Waals surface area contributed by atoms with Crippen LogP contribution >= 0.6 is 12.4 Å². The van der Waals surface area contributed by atoms with Crippen LogP contribution < -0.4 is 11.1 Å². The Balaban J connectivity index is 0.00000196. The summed E-state index contributed by atoms with van der Waals surface area (Å²) in [6.45, 7) is 7.68. The molecule has 0 saturated carbocycles. The lowest BCUT2D eigenvalue weighted by atomic mass is 9.90. The Kier molecular flexibility index (Phi) is 5.03. The van der Waals surface area contributed by atoms with E-state index in [2.05, 4.69) is 12.2 Å². The van der Waals surface area contributed by atoms with E-state index in [0.29, 0.717) is 6.54 Å². The fourth-order valence-electron chi connectivity index (χ4n) is 1.37. The third-order valence-electron chi connectivity index (χ3n) is 2.56. The summed E-state index contributed by atoms with van der Waals surface area (Å²) in [7, 11) is 0. The van der Waals surface area contributed by atoms with E-state index in [1.807, 2.05) is 0 Å². The quantitative estimate of drug-likeness (QED) is 0.758. The van der Waals surface area contributed by atoms with E-state index in [1.165, 1.54) is 0 Å². The Hall–Kier alpha value is -0.320. The second kappa shape index (κ2) is 5.14. The highest BCUT2D eigenvalue weighted by molar-refractivity contribution is 5.85. The minimum absolute atomic E-state index is 0. The van der Waals surface area contributed by atoms with Crippen LogP contribution in [0.3, 0.4) is 0 Å². The molecule has 0 aromatic rings. The van der Waals surface area contributed by atoms with E-state index in [0.717, 1.165) is 19.6 Å². The molecule has 90 valence electrons. The summed E-state index contributed by atoms with van der Waals surface area (Å²) < 4.78 is 5.30. The van der Waals surface area contributed by atoms with Gasteiger partial charge in [0, 0.05) is 18.6 Å². The number of carbonyl (C=O) groups is 1. The molecule has 0 spiro atoms. The monoisotopic (exact) mass is 236 g/mol. The van der Waals surface area contributed by atoms with Gasteiger partial charge in [-0.3, -0.25) is 4.79 Å².